The number of nitrogens with zero attached hydrogens (tertiary/aromatic N) is 1. The predicted molar refractivity (Wildman–Crippen MR) is 93.3 cm³/mol. The van der Waals surface area contributed by atoms with E-state index < -0.39 is 16.8 Å². The van der Waals surface area contributed by atoms with Gasteiger partial charge in [-0.2, -0.15) is 0 Å². The first-order chi connectivity index (χ1) is 11.9. The molecule has 0 aliphatic heterocycles. The fraction of sp³-hybridized carbons (Fsp3) is 0.176. The Morgan fingerprint density at radius 2 is 1.96 bits per heavy atom. The second-order valence-electron chi connectivity index (χ2n) is 5.12. The number of nitro groups is 1. The molecular formula is C17H16N2O5S. The Morgan fingerprint density at radius 1 is 1.24 bits per heavy atom. The number of esters is 1. The first kappa shape index (κ1) is 18.5. The highest BCUT2D eigenvalue weighted by atomic mass is 32.2. The van der Waals surface area contributed by atoms with E-state index in [2.05, 4.69) is 4.74 Å². The van der Waals surface area contributed by atoms with Crippen LogP contribution in [0, 0.1) is 10.1 Å². The van der Waals surface area contributed by atoms with Crippen molar-refractivity contribution in [3.8, 4) is 0 Å². The standard InChI is InChI=1S/C17H16N2O5S/c1-24-16(20)9-11-6-7-15(14(8-11)19(22)23)25-10-12-4-2-3-5-13(12)17(18)21/h2-8H,9-10H2,1H3,(H2,18,21). The van der Waals surface area contributed by atoms with Crippen molar-refractivity contribution < 1.29 is 19.2 Å². The Balaban J connectivity index is 2.23. The number of ether oxygens (including phenoxy) is 1. The molecule has 0 heterocycles. The van der Waals surface area contributed by atoms with Crippen LogP contribution in [0.15, 0.2) is 47.4 Å². The van der Waals surface area contributed by atoms with E-state index in [-0.39, 0.29) is 12.1 Å². The number of benzene rings is 2. The van der Waals surface area contributed by atoms with Crippen LogP contribution in [0.3, 0.4) is 0 Å². The lowest BCUT2D eigenvalue weighted by molar-refractivity contribution is -0.387. The molecule has 0 bridgehead atoms. The van der Waals surface area contributed by atoms with Crippen molar-refractivity contribution in [2.75, 3.05) is 7.11 Å². The number of carbonyl (C=O) groups is 2. The summed E-state index contributed by atoms with van der Waals surface area (Å²) in [6.07, 6.45) is -0.0349. The van der Waals surface area contributed by atoms with Crippen LogP contribution in [-0.2, 0) is 21.7 Å². The highest BCUT2D eigenvalue weighted by molar-refractivity contribution is 7.98. The fourth-order valence-electron chi connectivity index (χ4n) is 2.22. The molecule has 0 saturated heterocycles. The third-order valence-corrected chi connectivity index (χ3v) is 4.57. The third-order valence-electron chi connectivity index (χ3n) is 3.46. The molecule has 7 nitrogen and oxygen atoms in total. The lowest BCUT2D eigenvalue weighted by Gasteiger charge is -2.08. The lowest BCUT2D eigenvalue weighted by atomic mass is 10.1. The maximum Gasteiger partial charge on any atom is 0.309 e. The van der Waals surface area contributed by atoms with E-state index in [0.717, 1.165) is 0 Å². The Kier molecular flexibility index (Phi) is 6.13. The second kappa shape index (κ2) is 8.29. The monoisotopic (exact) mass is 360 g/mol. The summed E-state index contributed by atoms with van der Waals surface area (Å²) in [5, 5.41) is 11.3. The number of nitro benzene ring substituents is 1. The maximum atomic E-state index is 11.4. The highest BCUT2D eigenvalue weighted by Gasteiger charge is 2.17. The number of nitrogens with two attached hydrogens (primary N) is 1. The van der Waals surface area contributed by atoms with Gasteiger partial charge >= 0.3 is 5.97 Å². The quantitative estimate of drug-likeness (QED) is 0.351. The van der Waals surface area contributed by atoms with E-state index >= 15 is 0 Å². The molecule has 8 heteroatoms. The minimum absolute atomic E-state index is 0.0349. The van der Waals surface area contributed by atoms with Crippen LogP contribution in [0.4, 0.5) is 5.69 Å². The van der Waals surface area contributed by atoms with Gasteiger partial charge in [0.2, 0.25) is 5.91 Å². The summed E-state index contributed by atoms with van der Waals surface area (Å²) in [5.74, 6) is -0.653. The van der Waals surface area contributed by atoms with Crippen molar-refractivity contribution in [3.05, 3.63) is 69.3 Å². The molecule has 0 atom stereocenters. The summed E-state index contributed by atoms with van der Waals surface area (Å²) < 4.78 is 4.57. The predicted octanol–water partition coefficient (Wildman–Crippen LogP) is 2.70. The van der Waals surface area contributed by atoms with Gasteiger partial charge < -0.3 is 10.5 Å². The number of thioether (sulfide) groups is 1. The molecule has 0 unspecified atom stereocenters. The average Bonchev–Trinajstić information content (AvgIpc) is 2.60. The normalized spacial score (nSPS) is 10.3. The smallest absolute Gasteiger partial charge is 0.309 e. The average molecular weight is 360 g/mol. The largest absolute Gasteiger partial charge is 0.469 e. The number of hydrogen-bond donors (Lipinski definition) is 1. The van der Waals surface area contributed by atoms with Gasteiger partial charge in [0.05, 0.1) is 23.3 Å². The zero-order valence-electron chi connectivity index (χ0n) is 13.4. The van der Waals surface area contributed by atoms with Gasteiger partial charge in [0.15, 0.2) is 0 Å². The minimum atomic E-state index is -0.542. The van der Waals surface area contributed by atoms with Crippen LogP contribution in [0.5, 0.6) is 0 Å². The second-order valence-corrected chi connectivity index (χ2v) is 6.14. The summed E-state index contributed by atoms with van der Waals surface area (Å²) in [5.41, 5.74) is 6.84. The van der Waals surface area contributed by atoms with Crippen molar-refractivity contribution >= 4 is 29.3 Å². The molecule has 130 valence electrons. The molecule has 2 aromatic carbocycles. The van der Waals surface area contributed by atoms with Crippen LogP contribution in [0.1, 0.15) is 21.5 Å². The van der Waals surface area contributed by atoms with Gasteiger partial charge in [-0.05, 0) is 23.3 Å². The highest BCUT2D eigenvalue weighted by Crippen LogP contribution is 2.33. The van der Waals surface area contributed by atoms with E-state index in [9.17, 15) is 19.7 Å². The van der Waals surface area contributed by atoms with Crippen molar-refractivity contribution in [1.29, 1.82) is 0 Å². The zero-order valence-corrected chi connectivity index (χ0v) is 14.2. The van der Waals surface area contributed by atoms with E-state index in [0.29, 0.717) is 27.3 Å². The Labute approximate surface area is 148 Å². The number of carbonyl (C=O) groups excluding carboxylic acids is 2. The topological polar surface area (TPSA) is 113 Å². The van der Waals surface area contributed by atoms with Crippen LogP contribution >= 0.6 is 11.8 Å². The van der Waals surface area contributed by atoms with Gasteiger partial charge in [-0.1, -0.05) is 24.3 Å². The number of hydrogen-bond acceptors (Lipinski definition) is 6. The molecule has 0 saturated carbocycles. The molecule has 25 heavy (non-hydrogen) atoms. The Bertz CT molecular complexity index is 822. The molecule has 2 N–H and O–H groups in total. The van der Waals surface area contributed by atoms with Gasteiger partial charge in [0.25, 0.3) is 5.69 Å². The Morgan fingerprint density at radius 3 is 2.60 bits per heavy atom. The molecule has 0 spiro atoms. The van der Waals surface area contributed by atoms with Crippen LogP contribution < -0.4 is 5.73 Å². The van der Waals surface area contributed by atoms with Gasteiger partial charge in [-0.3, -0.25) is 19.7 Å². The molecule has 0 aliphatic rings. The van der Waals surface area contributed by atoms with Gasteiger partial charge in [0, 0.05) is 17.4 Å². The molecule has 2 aromatic rings. The van der Waals surface area contributed by atoms with Crippen molar-refractivity contribution in [1.82, 2.24) is 0 Å². The summed E-state index contributed by atoms with van der Waals surface area (Å²) >= 11 is 1.23. The van der Waals surface area contributed by atoms with Crippen molar-refractivity contribution in [2.24, 2.45) is 5.73 Å². The van der Waals surface area contributed by atoms with E-state index in [4.69, 9.17) is 5.73 Å². The fourth-order valence-corrected chi connectivity index (χ4v) is 3.23. The number of amides is 1. The molecule has 2 rings (SSSR count). The van der Waals surface area contributed by atoms with Crippen LogP contribution in [0.25, 0.3) is 0 Å². The van der Waals surface area contributed by atoms with E-state index in [1.165, 1.54) is 24.9 Å². The van der Waals surface area contributed by atoms with Crippen LogP contribution in [-0.4, -0.2) is 23.9 Å². The van der Waals surface area contributed by atoms with Gasteiger partial charge in [0.1, 0.15) is 0 Å². The molecule has 0 aromatic heterocycles. The summed E-state index contributed by atoms with van der Waals surface area (Å²) in [7, 11) is 1.26. The van der Waals surface area contributed by atoms with Crippen molar-refractivity contribution in [3.63, 3.8) is 0 Å². The lowest BCUT2D eigenvalue weighted by Crippen LogP contribution is -2.13. The molecule has 0 fully saturated rings. The maximum absolute atomic E-state index is 11.4. The molecular weight excluding hydrogens is 344 g/mol. The Hall–Kier alpha value is -2.87. The van der Waals surface area contributed by atoms with Gasteiger partial charge in [-0.25, -0.2) is 0 Å². The van der Waals surface area contributed by atoms with E-state index in [1.54, 1.807) is 36.4 Å². The first-order valence-corrected chi connectivity index (χ1v) is 8.25. The molecule has 0 aliphatic carbocycles. The van der Waals surface area contributed by atoms with Gasteiger partial charge in [-0.15, -0.1) is 11.8 Å². The summed E-state index contributed by atoms with van der Waals surface area (Å²) in [4.78, 5) is 34.0. The molecule has 1 amide bonds. The third kappa shape index (κ3) is 4.80. The zero-order chi connectivity index (χ0) is 18.4. The minimum Gasteiger partial charge on any atom is -0.469 e. The first-order valence-electron chi connectivity index (χ1n) is 7.27. The number of primary amides is 1. The SMILES string of the molecule is COC(=O)Cc1ccc(SCc2ccccc2C(N)=O)c([N+](=O)[O-])c1. The van der Waals surface area contributed by atoms with Crippen molar-refractivity contribution in [2.45, 2.75) is 17.1 Å². The van der Waals surface area contributed by atoms with Crippen LogP contribution in [0.2, 0.25) is 0 Å². The number of rotatable bonds is 7. The number of methoxy groups -OCH3 is 1. The van der Waals surface area contributed by atoms with E-state index in [1.807, 2.05) is 0 Å². The molecule has 0 radical (unpaired) electrons. The summed E-state index contributed by atoms with van der Waals surface area (Å²) in [6, 6.07) is 11.4. The summed E-state index contributed by atoms with van der Waals surface area (Å²) in [6.45, 7) is 0.